The van der Waals surface area contributed by atoms with Gasteiger partial charge in [0.1, 0.15) is 0 Å². The van der Waals surface area contributed by atoms with Crippen LogP contribution in [-0.2, 0) is 6.42 Å². The molecule has 0 aromatic heterocycles. The Labute approximate surface area is 117 Å². The first-order valence-corrected chi connectivity index (χ1v) is 6.93. The molecule has 18 heavy (non-hydrogen) atoms. The fourth-order valence-corrected chi connectivity index (χ4v) is 2.88. The van der Waals surface area contributed by atoms with Gasteiger partial charge in [-0.25, -0.2) is 0 Å². The van der Waals surface area contributed by atoms with E-state index in [1.165, 1.54) is 22.3 Å². The zero-order valence-corrected chi connectivity index (χ0v) is 12.4. The van der Waals surface area contributed by atoms with E-state index in [2.05, 4.69) is 66.2 Å². The third-order valence-corrected chi connectivity index (χ3v) is 3.75. The summed E-state index contributed by atoms with van der Waals surface area (Å²) in [6.45, 7) is 4.26. The molecule has 0 bridgehead atoms. The van der Waals surface area contributed by atoms with Gasteiger partial charge in [-0.05, 0) is 54.7 Å². The normalized spacial score (nSPS) is 12.4. The lowest BCUT2D eigenvalue weighted by molar-refractivity contribution is 0.711. The van der Waals surface area contributed by atoms with Gasteiger partial charge in [-0.2, -0.15) is 0 Å². The Morgan fingerprint density at radius 2 is 1.67 bits per heavy atom. The van der Waals surface area contributed by atoms with Crippen molar-refractivity contribution < 1.29 is 0 Å². The Morgan fingerprint density at radius 3 is 2.28 bits per heavy atom. The second kappa shape index (κ2) is 5.68. The molecule has 0 saturated heterocycles. The lowest BCUT2D eigenvalue weighted by Gasteiger charge is -2.17. The van der Waals surface area contributed by atoms with E-state index >= 15 is 0 Å². The molecule has 2 heteroatoms. The highest BCUT2D eigenvalue weighted by atomic mass is 79.9. The summed E-state index contributed by atoms with van der Waals surface area (Å²) in [6, 6.07) is 14.7. The Kier molecular flexibility index (Phi) is 4.20. The number of rotatable bonds is 3. The third kappa shape index (κ3) is 3.01. The molecule has 2 rings (SSSR count). The van der Waals surface area contributed by atoms with Crippen LogP contribution in [-0.4, -0.2) is 0 Å². The zero-order valence-electron chi connectivity index (χ0n) is 10.8. The molecule has 0 heterocycles. The average Bonchev–Trinajstić information content (AvgIpc) is 2.28. The van der Waals surface area contributed by atoms with Crippen molar-refractivity contribution in [3.8, 4) is 0 Å². The molecule has 0 spiro atoms. The SMILES string of the molecule is Cc1cccc(C)c1C(N)Cc1cccc(Br)c1. The van der Waals surface area contributed by atoms with Crippen LogP contribution in [0.3, 0.4) is 0 Å². The number of hydrogen-bond donors (Lipinski definition) is 1. The summed E-state index contributed by atoms with van der Waals surface area (Å²) >= 11 is 3.50. The van der Waals surface area contributed by atoms with Crippen LogP contribution in [0.4, 0.5) is 0 Å². The maximum absolute atomic E-state index is 6.36. The largest absolute Gasteiger partial charge is 0.324 e. The Balaban J connectivity index is 2.25. The minimum Gasteiger partial charge on any atom is -0.324 e. The van der Waals surface area contributed by atoms with Crippen molar-refractivity contribution in [2.75, 3.05) is 0 Å². The maximum Gasteiger partial charge on any atom is 0.0341 e. The summed E-state index contributed by atoms with van der Waals surface area (Å²) in [5, 5.41) is 0. The lowest BCUT2D eigenvalue weighted by Crippen LogP contribution is -2.16. The molecule has 0 aliphatic carbocycles. The minimum absolute atomic E-state index is 0.0560. The fourth-order valence-electron chi connectivity index (χ4n) is 2.43. The summed E-state index contributed by atoms with van der Waals surface area (Å²) in [7, 11) is 0. The Hall–Kier alpha value is -1.12. The van der Waals surface area contributed by atoms with Crippen LogP contribution in [0, 0.1) is 13.8 Å². The monoisotopic (exact) mass is 303 g/mol. The standard InChI is InChI=1S/C16H18BrN/c1-11-5-3-6-12(2)16(11)15(18)10-13-7-4-8-14(17)9-13/h3-9,15H,10,18H2,1-2H3. The second-order valence-electron chi connectivity index (χ2n) is 4.75. The van der Waals surface area contributed by atoms with Crippen molar-refractivity contribution in [2.45, 2.75) is 26.3 Å². The van der Waals surface area contributed by atoms with E-state index in [1.54, 1.807) is 0 Å². The van der Waals surface area contributed by atoms with Gasteiger partial charge >= 0.3 is 0 Å². The molecule has 2 aromatic carbocycles. The van der Waals surface area contributed by atoms with Crippen molar-refractivity contribution in [2.24, 2.45) is 5.73 Å². The molecule has 94 valence electrons. The van der Waals surface area contributed by atoms with Crippen LogP contribution in [0.15, 0.2) is 46.9 Å². The van der Waals surface area contributed by atoms with Crippen molar-refractivity contribution in [3.63, 3.8) is 0 Å². The van der Waals surface area contributed by atoms with Gasteiger partial charge in [0.05, 0.1) is 0 Å². The average molecular weight is 304 g/mol. The highest BCUT2D eigenvalue weighted by Crippen LogP contribution is 2.24. The molecule has 0 aliphatic heterocycles. The predicted molar refractivity (Wildman–Crippen MR) is 80.7 cm³/mol. The summed E-state index contributed by atoms with van der Waals surface area (Å²) in [5.74, 6) is 0. The van der Waals surface area contributed by atoms with Crippen LogP contribution in [0.5, 0.6) is 0 Å². The van der Waals surface area contributed by atoms with Gasteiger partial charge in [-0.1, -0.05) is 46.3 Å². The van der Waals surface area contributed by atoms with E-state index in [-0.39, 0.29) is 6.04 Å². The number of hydrogen-bond acceptors (Lipinski definition) is 1. The minimum atomic E-state index is 0.0560. The molecule has 1 nitrogen and oxygen atoms in total. The number of benzene rings is 2. The number of aryl methyl sites for hydroxylation is 2. The van der Waals surface area contributed by atoms with Crippen molar-refractivity contribution in [1.29, 1.82) is 0 Å². The summed E-state index contributed by atoms with van der Waals surface area (Å²) in [4.78, 5) is 0. The quantitative estimate of drug-likeness (QED) is 0.898. The smallest absolute Gasteiger partial charge is 0.0341 e. The first-order chi connectivity index (χ1) is 8.58. The highest BCUT2D eigenvalue weighted by Gasteiger charge is 2.12. The van der Waals surface area contributed by atoms with Crippen molar-refractivity contribution in [3.05, 3.63) is 69.2 Å². The molecular weight excluding hydrogens is 286 g/mol. The molecule has 0 aliphatic rings. The lowest BCUT2D eigenvalue weighted by atomic mass is 9.92. The molecular formula is C16H18BrN. The molecule has 2 aromatic rings. The van der Waals surface area contributed by atoms with E-state index in [1.807, 2.05) is 6.07 Å². The van der Waals surface area contributed by atoms with Gasteiger partial charge < -0.3 is 5.73 Å². The topological polar surface area (TPSA) is 26.0 Å². The Bertz CT molecular complexity index is 528. The van der Waals surface area contributed by atoms with Crippen LogP contribution in [0.2, 0.25) is 0 Å². The molecule has 1 atom stereocenters. The molecule has 0 saturated carbocycles. The summed E-state index contributed by atoms with van der Waals surface area (Å²) in [5.41, 5.74) is 11.5. The van der Waals surface area contributed by atoms with E-state index in [0.717, 1.165) is 10.9 Å². The van der Waals surface area contributed by atoms with Crippen LogP contribution >= 0.6 is 15.9 Å². The highest BCUT2D eigenvalue weighted by molar-refractivity contribution is 9.10. The van der Waals surface area contributed by atoms with E-state index < -0.39 is 0 Å². The molecule has 0 amide bonds. The van der Waals surface area contributed by atoms with Gasteiger partial charge in [-0.3, -0.25) is 0 Å². The molecule has 1 unspecified atom stereocenters. The molecule has 0 radical (unpaired) electrons. The molecule has 2 N–H and O–H groups in total. The van der Waals surface area contributed by atoms with Crippen LogP contribution in [0.1, 0.15) is 28.3 Å². The first kappa shape index (κ1) is 13.3. The Morgan fingerprint density at radius 1 is 1.06 bits per heavy atom. The maximum atomic E-state index is 6.36. The van der Waals surface area contributed by atoms with E-state index in [0.29, 0.717) is 0 Å². The number of halogens is 1. The predicted octanol–water partition coefficient (Wildman–Crippen LogP) is 4.31. The van der Waals surface area contributed by atoms with Gasteiger partial charge in [0.2, 0.25) is 0 Å². The van der Waals surface area contributed by atoms with Gasteiger partial charge in [-0.15, -0.1) is 0 Å². The van der Waals surface area contributed by atoms with Gasteiger partial charge in [0.15, 0.2) is 0 Å². The van der Waals surface area contributed by atoms with Gasteiger partial charge in [0, 0.05) is 10.5 Å². The van der Waals surface area contributed by atoms with E-state index in [4.69, 9.17) is 5.73 Å². The van der Waals surface area contributed by atoms with Gasteiger partial charge in [0.25, 0.3) is 0 Å². The summed E-state index contributed by atoms with van der Waals surface area (Å²) in [6.07, 6.45) is 0.866. The summed E-state index contributed by atoms with van der Waals surface area (Å²) < 4.78 is 1.11. The zero-order chi connectivity index (χ0) is 13.1. The first-order valence-electron chi connectivity index (χ1n) is 6.14. The van der Waals surface area contributed by atoms with Crippen molar-refractivity contribution in [1.82, 2.24) is 0 Å². The third-order valence-electron chi connectivity index (χ3n) is 3.26. The van der Waals surface area contributed by atoms with E-state index in [9.17, 15) is 0 Å². The van der Waals surface area contributed by atoms with Crippen LogP contribution in [0.25, 0.3) is 0 Å². The number of nitrogens with two attached hydrogens (primary N) is 1. The van der Waals surface area contributed by atoms with Crippen LogP contribution < -0.4 is 5.73 Å². The van der Waals surface area contributed by atoms with Crippen molar-refractivity contribution >= 4 is 15.9 Å². The fraction of sp³-hybridized carbons (Fsp3) is 0.250. The molecule has 0 fully saturated rings. The second-order valence-corrected chi connectivity index (χ2v) is 5.66.